The van der Waals surface area contributed by atoms with Crippen molar-refractivity contribution in [2.75, 3.05) is 5.32 Å². The van der Waals surface area contributed by atoms with E-state index in [0.717, 1.165) is 16.6 Å². The standard InChI is InChI=1S/C10H15N5S/c1-7-12-9(16-14-7)13-8-5-11-15(6-8)10(2,3)4/h5-6H,1-4H3,(H,12,13,14). The molecule has 2 rings (SSSR count). The van der Waals surface area contributed by atoms with Crippen molar-refractivity contribution in [1.29, 1.82) is 0 Å². The Balaban J connectivity index is 2.14. The molecular weight excluding hydrogens is 222 g/mol. The zero-order chi connectivity index (χ0) is 11.8. The molecule has 1 N–H and O–H groups in total. The number of hydrogen-bond acceptors (Lipinski definition) is 5. The van der Waals surface area contributed by atoms with Gasteiger partial charge < -0.3 is 5.32 Å². The summed E-state index contributed by atoms with van der Waals surface area (Å²) in [5.74, 6) is 0.788. The summed E-state index contributed by atoms with van der Waals surface area (Å²) in [6.07, 6.45) is 3.76. The van der Waals surface area contributed by atoms with Gasteiger partial charge in [0.2, 0.25) is 5.13 Å². The van der Waals surface area contributed by atoms with E-state index in [4.69, 9.17) is 0 Å². The van der Waals surface area contributed by atoms with E-state index < -0.39 is 0 Å². The summed E-state index contributed by atoms with van der Waals surface area (Å²) in [4.78, 5) is 4.24. The summed E-state index contributed by atoms with van der Waals surface area (Å²) < 4.78 is 6.03. The highest BCUT2D eigenvalue weighted by atomic mass is 32.1. The van der Waals surface area contributed by atoms with Gasteiger partial charge in [-0.15, -0.1) is 0 Å². The zero-order valence-electron chi connectivity index (χ0n) is 9.85. The molecule has 86 valence electrons. The topological polar surface area (TPSA) is 55.6 Å². The molecule has 5 nitrogen and oxygen atoms in total. The Hall–Kier alpha value is -1.43. The van der Waals surface area contributed by atoms with Crippen LogP contribution in [0.4, 0.5) is 10.8 Å². The van der Waals surface area contributed by atoms with Crippen LogP contribution in [0.3, 0.4) is 0 Å². The highest BCUT2D eigenvalue weighted by Gasteiger charge is 2.14. The fourth-order valence-corrected chi connectivity index (χ4v) is 1.82. The quantitative estimate of drug-likeness (QED) is 0.872. The van der Waals surface area contributed by atoms with Crippen LogP contribution < -0.4 is 5.32 Å². The lowest BCUT2D eigenvalue weighted by atomic mass is 10.1. The largest absolute Gasteiger partial charge is 0.328 e. The van der Waals surface area contributed by atoms with Crippen LogP contribution in [0, 0.1) is 6.92 Å². The third-order valence-corrected chi connectivity index (χ3v) is 2.77. The number of rotatable bonds is 2. The first-order valence-electron chi connectivity index (χ1n) is 5.07. The summed E-state index contributed by atoms with van der Waals surface area (Å²) in [7, 11) is 0. The molecule has 0 aliphatic carbocycles. The van der Waals surface area contributed by atoms with Crippen molar-refractivity contribution < 1.29 is 0 Å². The van der Waals surface area contributed by atoms with Crippen LogP contribution in [0.1, 0.15) is 26.6 Å². The molecule has 0 saturated carbocycles. The van der Waals surface area contributed by atoms with Crippen LogP contribution in [-0.2, 0) is 5.54 Å². The Labute approximate surface area is 98.7 Å². The Kier molecular flexibility index (Phi) is 2.67. The number of anilines is 2. The third-order valence-electron chi connectivity index (χ3n) is 2.05. The maximum Gasteiger partial charge on any atom is 0.207 e. The van der Waals surface area contributed by atoms with Crippen molar-refractivity contribution in [2.24, 2.45) is 0 Å². The van der Waals surface area contributed by atoms with Gasteiger partial charge in [-0.05, 0) is 27.7 Å². The number of hydrogen-bond donors (Lipinski definition) is 1. The Morgan fingerprint density at radius 1 is 1.38 bits per heavy atom. The molecule has 0 amide bonds. The second-order valence-electron chi connectivity index (χ2n) is 4.62. The Morgan fingerprint density at radius 3 is 2.62 bits per heavy atom. The van der Waals surface area contributed by atoms with Gasteiger partial charge in [0.05, 0.1) is 17.4 Å². The van der Waals surface area contributed by atoms with Crippen molar-refractivity contribution in [3.05, 3.63) is 18.2 Å². The molecular formula is C10H15N5S. The molecule has 0 saturated heterocycles. The number of aromatic nitrogens is 4. The van der Waals surface area contributed by atoms with Crippen LogP contribution in [0.5, 0.6) is 0 Å². The van der Waals surface area contributed by atoms with E-state index >= 15 is 0 Å². The second-order valence-corrected chi connectivity index (χ2v) is 5.37. The van der Waals surface area contributed by atoms with Crippen molar-refractivity contribution in [3.63, 3.8) is 0 Å². The Bertz CT molecular complexity index is 479. The fraction of sp³-hybridized carbons (Fsp3) is 0.500. The predicted molar refractivity (Wildman–Crippen MR) is 65.2 cm³/mol. The molecule has 0 unspecified atom stereocenters. The van der Waals surface area contributed by atoms with Crippen LogP contribution in [-0.4, -0.2) is 19.1 Å². The minimum atomic E-state index is -0.00300. The van der Waals surface area contributed by atoms with Crippen LogP contribution >= 0.6 is 11.5 Å². The molecule has 0 aliphatic rings. The Morgan fingerprint density at radius 2 is 2.12 bits per heavy atom. The molecule has 6 heteroatoms. The number of nitrogens with one attached hydrogen (secondary N) is 1. The summed E-state index contributed by atoms with van der Waals surface area (Å²) in [6, 6.07) is 0. The van der Waals surface area contributed by atoms with Gasteiger partial charge in [-0.25, -0.2) is 4.98 Å². The normalized spacial score (nSPS) is 11.8. The second kappa shape index (κ2) is 3.86. The fourth-order valence-electron chi connectivity index (χ4n) is 1.23. The van der Waals surface area contributed by atoms with Gasteiger partial charge in [-0.1, -0.05) is 0 Å². The average Bonchev–Trinajstić information content (AvgIpc) is 2.74. The van der Waals surface area contributed by atoms with E-state index in [-0.39, 0.29) is 5.54 Å². The SMILES string of the molecule is Cc1nsc(Nc2cnn(C(C)(C)C)c2)n1. The summed E-state index contributed by atoms with van der Waals surface area (Å²) >= 11 is 1.35. The first kappa shape index (κ1) is 11.1. The van der Waals surface area contributed by atoms with E-state index in [0.29, 0.717) is 0 Å². The van der Waals surface area contributed by atoms with Crippen molar-refractivity contribution in [1.82, 2.24) is 19.1 Å². The van der Waals surface area contributed by atoms with Crippen LogP contribution in [0.15, 0.2) is 12.4 Å². The van der Waals surface area contributed by atoms with Crippen molar-refractivity contribution in [2.45, 2.75) is 33.2 Å². The lowest BCUT2D eigenvalue weighted by Crippen LogP contribution is -2.21. The van der Waals surface area contributed by atoms with E-state index in [9.17, 15) is 0 Å². The average molecular weight is 237 g/mol. The molecule has 0 bridgehead atoms. The first-order valence-corrected chi connectivity index (χ1v) is 5.85. The van der Waals surface area contributed by atoms with E-state index in [1.54, 1.807) is 6.20 Å². The highest BCUT2D eigenvalue weighted by Crippen LogP contribution is 2.20. The van der Waals surface area contributed by atoms with Gasteiger partial charge in [0.15, 0.2) is 0 Å². The monoisotopic (exact) mass is 237 g/mol. The third kappa shape index (κ3) is 2.38. The molecule has 0 spiro atoms. The van der Waals surface area contributed by atoms with Gasteiger partial charge in [0.1, 0.15) is 5.82 Å². The molecule has 16 heavy (non-hydrogen) atoms. The van der Waals surface area contributed by atoms with Gasteiger partial charge in [-0.3, -0.25) is 4.68 Å². The lowest BCUT2D eigenvalue weighted by Gasteiger charge is -2.18. The van der Waals surface area contributed by atoms with Crippen LogP contribution in [0.25, 0.3) is 0 Å². The summed E-state index contributed by atoms with van der Waals surface area (Å²) in [5, 5.41) is 8.28. The van der Waals surface area contributed by atoms with Crippen molar-refractivity contribution in [3.8, 4) is 0 Å². The highest BCUT2D eigenvalue weighted by molar-refractivity contribution is 7.09. The molecule has 0 aromatic carbocycles. The first-order chi connectivity index (χ1) is 7.45. The van der Waals surface area contributed by atoms with E-state index in [1.165, 1.54) is 11.5 Å². The molecule has 0 atom stereocenters. The van der Waals surface area contributed by atoms with Gasteiger partial charge in [-0.2, -0.15) is 9.47 Å². The molecule has 2 heterocycles. The van der Waals surface area contributed by atoms with Crippen LogP contribution in [0.2, 0.25) is 0 Å². The summed E-state index contributed by atoms with van der Waals surface area (Å²) in [6.45, 7) is 8.21. The van der Waals surface area contributed by atoms with Gasteiger partial charge in [0, 0.05) is 17.7 Å². The van der Waals surface area contributed by atoms with Gasteiger partial charge in [0.25, 0.3) is 0 Å². The molecule has 0 aliphatic heterocycles. The molecule has 2 aromatic rings. The molecule has 0 radical (unpaired) electrons. The number of nitrogens with zero attached hydrogens (tertiary/aromatic N) is 4. The predicted octanol–water partition coefficient (Wildman–Crippen LogP) is 2.54. The molecule has 2 aromatic heterocycles. The number of aryl methyl sites for hydroxylation is 1. The smallest absolute Gasteiger partial charge is 0.207 e. The molecule has 0 fully saturated rings. The van der Waals surface area contributed by atoms with Gasteiger partial charge >= 0.3 is 0 Å². The maximum absolute atomic E-state index is 4.30. The zero-order valence-corrected chi connectivity index (χ0v) is 10.7. The lowest BCUT2D eigenvalue weighted by molar-refractivity contribution is 0.355. The maximum atomic E-state index is 4.30. The summed E-state index contributed by atoms with van der Waals surface area (Å²) in [5.41, 5.74) is 0.933. The minimum absolute atomic E-state index is 0.00300. The minimum Gasteiger partial charge on any atom is -0.328 e. The van der Waals surface area contributed by atoms with Crippen molar-refractivity contribution >= 4 is 22.4 Å². The van der Waals surface area contributed by atoms with E-state index in [1.807, 2.05) is 17.8 Å². The van der Waals surface area contributed by atoms with E-state index in [2.05, 4.69) is 40.5 Å².